The lowest BCUT2D eigenvalue weighted by Crippen LogP contribution is -2.00. The first kappa shape index (κ1) is 6.71. The standard InChI is InChI=1S/C10H13N/c1-7-3-4-10-9(5-7)6-8(2)11-10/h3-4,6-7,11H,5H2,1-2H3. The van der Waals surface area contributed by atoms with Crippen LogP contribution in [0.25, 0.3) is 6.08 Å². The fourth-order valence-electron chi connectivity index (χ4n) is 1.66. The molecule has 1 aromatic heterocycles. The zero-order valence-electron chi connectivity index (χ0n) is 7.02. The van der Waals surface area contributed by atoms with E-state index in [-0.39, 0.29) is 0 Å². The van der Waals surface area contributed by atoms with Crippen molar-refractivity contribution in [2.24, 2.45) is 5.92 Å². The van der Waals surface area contributed by atoms with E-state index in [0.717, 1.165) is 0 Å². The Morgan fingerprint density at radius 3 is 3.18 bits per heavy atom. The highest BCUT2D eigenvalue weighted by Gasteiger charge is 2.10. The van der Waals surface area contributed by atoms with Gasteiger partial charge in [-0.1, -0.05) is 13.0 Å². The van der Waals surface area contributed by atoms with Crippen molar-refractivity contribution in [1.82, 2.24) is 4.98 Å². The summed E-state index contributed by atoms with van der Waals surface area (Å²) in [4.78, 5) is 3.33. The lowest BCUT2D eigenvalue weighted by molar-refractivity contribution is 0.717. The number of nitrogens with one attached hydrogen (secondary N) is 1. The summed E-state index contributed by atoms with van der Waals surface area (Å²) in [6, 6.07) is 2.25. The van der Waals surface area contributed by atoms with Gasteiger partial charge in [0.25, 0.3) is 0 Å². The van der Waals surface area contributed by atoms with Gasteiger partial charge in [-0.3, -0.25) is 0 Å². The summed E-state index contributed by atoms with van der Waals surface area (Å²) in [5, 5.41) is 0. The smallest absolute Gasteiger partial charge is 0.0412 e. The molecule has 11 heavy (non-hydrogen) atoms. The van der Waals surface area contributed by atoms with Crippen LogP contribution in [0, 0.1) is 12.8 Å². The second kappa shape index (κ2) is 2.26. The van der Waals surface area contributed by atoms with Gasteiger partial charge in [0.05, 0.1) is 0 Å². The summed E-state index contributed by atoms with van der Waals surface area (Å²) in [6.07, 6.45) is 5.64. The fourth-order valence-corrected chi connectivity index (χ4v) is 1.66. The van der Waals surface area contributed by atoms with E-state index in [0.29, 0.717) is 5.92 Å². The Kier molecular flexibility index (Phi) is 1.38. The third-order valence-electron chi connectivity index (χ3n) is 2.20. The molecule has 0 saturated heterocycles. The van der Waals surface area contributed by atoms with Crippen molar-refractivity contribution in [3.05, 3.63) is 29.1 Å². The normalized spacial score (nSPS) is 21.8. The van der Waals surface area contributed by atoms with Gasteiger partial charge in [-0.2, -0.15) is 0 Å². The van der Waals surface area contributed by atoms with E-state index in [9.17, 15) is 0 Å². The molecule has 0 aromatic carbocycles. The Balaban J connectivity index is 2.44. The first-order valence-electron chi connectivity index (χ1n) is 4.12. The average molecular weight is 147 g/mol. The fraction of sp³-hybridized carbons (Fsp3) is 0.400. The maximum Gasteiger partial charge on any atom is 0.0412 e. The molecule has 1 atom stereocenters. The molecule has 1 heteroatoms. The highest BCUT2D eigenvalue weighted by Crippen LogP contribution is 2.22. The molecule has 1 aliphatic rings. The van der Waals surface area contributed by atoms with Gasteiger partial charge in [0.2, 0.25) is 0 Å². The molecule has 0 spiro atoms. The van der Waals surface area contributed by atoms with Crippen molar-refractivity contribution in [2.45, 2.75) is 20.3 Å². The summed E-state index contributed by atoms with van der Waals surface area (Å²) in [7, 11) is 0. The molecule has 1 nitrogen and oxygen atoms in total. The van der Waals surface area contributed by atoms with Crippen LogP contribution in [0.4, 0.5) is 0 Å². The number of allylic oxidation sites excluding steroid dienone is 1. The molecule has 1 N–H and O–H groups in total. The SMILES string of the molecule is Cc1cc2c([nH]1)C=CC(C)C2. The van der Waals surface area contributed by atoms with E-state index in [1.54, 1.807) is 0 Å². The van der Waals surface area contributed by atoms with Crippen LogP contribution in [0.5, 0.6) is 0 Å². The summed E-state index contributed by atoms with van der Waals surface area (Å²) in [5.74, 6) is 0.706. The molecule has 0 fully saturated rings. The van der Waals surface area contributed by atoms with E-state index in [1.807, 2.05) is 0 Å². The second-order valence-corrected chi connectivity index (χ2v) is 3.43. The van der Waals surface area contributed by atoms with Crippen molar-refractivity contribution in [3.63, 3.8) is 0 Å². The Labute approximate surface area is 67.1 Å². The molecule has 1 aromatic rings. The van der Waals surface area contributed by atoms with Gasteiger partial charge in [-0.05, 0) is 37.0 Å². The topological polar surface area (TPSA) is 15.8 Å². The van der Waals surface area contributed by atoms with Crippen LogP contribution in [0.3, 0.4) is 0 Å². The van der Waals surface area contributed by atoms with Gasteiger partial charge in [0, 0.05) is 11.4 Å². The van der Waals surface area contributed by atoms with Crippen LogP contribution < -0.4 is 0 Å². The summed E-state index contributed by atoms with van der Waals surface area (Å²) < 4.78 is 0. The number of aryl methyl sites for hydroxylation is 1. The lowest BCUT2D eigenvalue weighted by atomic mass is 9.96. The van der Waals surface area contributed by atoms with Crippen LogP contribution >= 0.6 is 0 Å². The van der Waals surface area contributed by atoms with Crippen molar-refractivity contribution in [1.29, 1.82) is 0 Å². The van der Waals surface area contributed by atoms with E-state index < -0.39 is 0 Å². The highest BCUT2D eigenvalue weighted by atomic mass is 14.7. The number of hydrogen-bond acceptors (Lipinski definition) is 0. The molecule has 0 amide bonds. The number of aromatic nitrogens is 1. The van der Waals surface area contributed by atoms with Crippen molar-refractivity contribution in [3.8, 4) is 0 Å². The molecule has 0 aliphatic heterocycles. The molecule has 58 valence electrons. The van der Waals surface area contributed by atoms with Gasteiger partial charge in [-0.25, -0.2) is 0 Å². The van der Waals surface area contributed by atoms with E-state index >= 15 is 0 Å². The maximum atomic E-state index is 3.33. The Hall–Kier alpha value is -0.980. The van der Waals surface area contributed by atoms with Gasteiger partial charge in [0.15, 0.2) is 0 Å². The van der Waals surface area contributed by atoms with Crippen molar-refractivity contribution in [2.75, 3.05) is 0 Å². The molecule has 0 saturated carbocycles. The largest absolute Gasteiger partial charge is 0.359 e. The van der Waals surface area contributed by atoms with Crippen molar-refractivity contribution < 1.29 is 0 Å². The number of rotatable bonds is 0. The second-order valence-electron chi connectivity index (χ2n) is 3.43. The summed E-state index contributed by atoms with van der Waals surface area (Å²) in [6.45, 7) is 4.36. The third-order valence-corrected chi connectivity index (χ3v) is 2.20. The quantitative estimate of drug-likeness (QED) is 0.580. The number of aromatic amines is 1. The summed E-state index contributed by atoms with van der Waals surface area (Å²) in [5.41, 5.74) is 4.05. The molecular weight excluding hydrogens is 134 g/mol. The minimum absolute atomic E-state index is 0.706. The van der Waals surface area contributed by atoms with E-state index in [1.165, 1.54) is 23.4 Å². The van der Waals surface area contributed by atoms with Gasteiger partial charge in [-0.15, -0.1) is 0 Å². The highest BCUT2D eigenvalue weighted by molar-refractivity contribution is 5.54. The van der Waals surface area contributed by atoms with E-state index in [4.69, 9.17) is 0 Å². The van der Waals surface area contributed by atoms with E-state index in [2.05, 4.69) is 37.0 Å². The lowest BCUT2D eigenvalue weighted by Gasteiger charge is -2.10. The molecule has 1 heterocycles. The predicted octanol–water partition coefficient (Wildman–Crippen LogP) is 2.53. The van der Waals surface area contributed by atoms with Crippen LogP contribution in [0.2, 0.25) is 0 Å². The number of fused-ring (bicyclic) bond motifs is 1. The van der Waals surface area contributed by atoms with Gasteiger partial charge >= 0.3 is 0 Å². The molecule has 1 aliphatic carbocycles. The maximum absolute atomic E-state index is 3.33. The minimum atomic E-state index is 0.706. The summed E-state index contributed by atoms with van der Waals surface area (Å²) >= 11 is 0. The average Bonchev–Trinajstić information content (AvgIpc) is 2.27. The molecule has 0 bridgehead atoms. The first-order chi connectivity index (χ1) is 5.25. The number of hydrogen-bond donors (Lipinski definition) is 1. The molecular formula is C10H13N. The van der Waals surface area contributed by atoms with Crippen LogP contribution in [0.1, 0.15) is 23.9 Å². The Morgan fingerprint density at radius 2 is 2.36 bits per heavy atom. The third kappa shape index (κ3) is 1.11. The van der Waals surface area contributed by atoms with Crippen LogP contribution in [-0.2, 0) is 6.42 Å². The molecule has 1 unspecified atom stereocenters. The monoisotopic (exact) mass is 147 g/mol. The van der Waals surface area contributed by atoms with Gasteiger partial charge < -0.3 is 4.98 Å². The number of H-pyrrole nitrogens is 1. The Morgan fingerprint density at radius 1 is 1.55 bits per heavy atom. The zero-order chi connectivity index (χ0) is 7.84. The minimum Gasteiger partial charge on any atom is -0.359 e. The first-order valence-corrected chi connectivity index (χ1v) is 4.12. The zero-order valence-corrected chi connectivity index (χ0v) is 7.02. The van der Waals surface area contributed by atoms with Crippen LogP contribution in [-0.4, -0.2) is 4.98 Å². The van der Waals surface area contributed by atoms with Crippen molar-refractivity contribution >= 4 is 6.08 Å². The van der Waals surface area contributed by atoms with Gasteiger partial charge in [0.1, 0.15) is 0 Å². The molecule has 2 rings (SSSR count). The Bertz CT molecular complexity index is 294. The molecule has 0 radical (unpaired) electrons. The van der Waals surface area contributed by atoms with Crippen LogP contribution in [0.15, 0.2) is 12.1 Å². The predicted molar refractivity (Wildman–Crippen MR) is 47.4 cm³/mol.